The molecule has 0 saturated carbocycles. The summed E-state index contributed by atoms with van der Waals surface area (Å²) in [5.41, 5.74) is 8.75. The molecule has 0 radical (unpaired) electrons. The lowest BCUT2D eigenvalue weighted by atomic mass is 9.88. The average Bonchev–Trinajstić information content (AvgIpc) is 0.787. The number of halogens is 1. The summed E-state index contributed by atoms with van der Waals surface area (Å²) < 4.78 is 60.4. The minimum atomic E-state index is -1.20. The summed E-state index contributed by atoms with van der Waals surface area (Å²) in [6.45, 7) is 20.4. The van der Waals surface area contributed by atoms with Gasteiger partial charge in [0.15, 0.2) is 0 Å². The lowest BCUT2D eigenvalue weighted by Crippen LogP contribution is -2.56. The molecule has 10 aromatic rings. The summed E-state index contributed by atoms with van der Waals surface area (Å²) in [5, 5.41) is 17.7. The molecule has 8 aliphatic rings. The molecule has 6 fully saturated rings. The van der Waals surface area contributed by atoms with Crippen LogP contribution in [0.15, 0.2) is 244 Å². The Kier molecular flexibility index (Phi) is 40.3. The van der Waals surface area contributed by atoms with E-state index in [1.165, 1.54) is 33.2 Å². The van der Waals surface area contributed by atoms with Crippen LogP contribution in [0.5, 0.6) is 23.5 Å². The standard InChI is InChI=1S/C25H30N4O5.C22H26N4O5.C20H23ClN4O3.C20H22N4O3.2C9H10O2.CH4/c1-25(2,3)34-24(31)28-13-9-19(10-14-28)21-22(27-12-11-26-21)33-20-15-29(16-20)23(30)32-17-18-7-5-4-6-8-18;1-16(27)25-11-7-22(29,8-12-25)19-20(24-10-9-23-19)31-18-13-26(14-18)21(28)30-15-17-5-3-2-4-6-17;21-20(6-8-22-9-7-20)17-18(24-11-10-23-17)28-16-12-25(13-16)19(26)27-14-15-4-2-1-3-5-15;25-20(26-14-15-4-2-1-3-5-15)24-12-17(13-24)27-19-18(22-10-11-23-19)16-6-8-21-9-7-16;2*1-8(10)11-7-9-5-3-2-4-6-9;/h4-9,11-12,20H,10,13-17H2,1-3H3;2-6,9-10,18,29H,7-8,11-15H2,1H3;1-5,10-11,16,22H,6-9,12-14H2;1-6,10-11,17,21H,7-9,12-14H2;2*2-6H,7H2,1H3;1H4. The first-order chi connectivity index (χ1) is 68.7. The number of nitrogens with zero attached hydrogens (tertiary/aromatic N) is 14. The first-order valence-corrected chi connectivity index (χ1v) is 47.7. The highest BCUT2D eigenvalue weighted by Crippen LogP contribution is 2.42. The summed E-state index contributed by atoms with van der Waals surface area (Å²) in [6.07, 6.45) is 18.3. The van der Waals surface area contributed by atoms with Gasteiger partial charge in [-0.3, -0.25) is 24.4 Å². The number of amides is 6. The predicted octanol–water partition coefficient (Wildman–Crippen LogP) is 14.7. The van der Waals surface area contributed by atoms with Gasteiger partial charge in [0.2, 0.25) is 29.4 Å². The largest absolute Gasteiger partial charge is 0.469 e. The van der Waals surface area contributed by atoms with Crippen LogP contribution in [0.1, 0.15) is 144 Å². The van der Waals surface area contributed by atoms with Crippen LogP contribution >= 0.6 is 11.6 Å². The van der Waals surface area contributed by atoms with Crippen molar-refractivity contribution in [3.05, 3.63) is 300 Å². The van der Waals surface area contributed by atoms with E-state index in [9.17, 15) is 43.5 Å². The summed E-state index contributed by atoms with van der Waals surface area (Å²) in [6, 6.07) is 57.5. The monoisotopic (exact) mass is 1980 g/mol. The van der Waals surface area contributed by atoms with Gasteiger partial charge in [-0.25, -0.2) is 53.9 Å². The second-order valence-electron chi connectivity index (χ2n) is 35.5. The Hall–Kier alpha value is -14.8. The topological polar surface area (TPSA) is 405 Å². The fourth-order valence-electron chi connectivity index (χ4n) is 15.5. The molecule has 0 spiro atoms. The van der Waals surface area contributed by atoms with E-state index in [0.29, 0.717) is 146 Å². The first-order valence-electron chi connectivity index (χ1n) is 47.3. The number of benzene rings is 6. The summed E-state index contributed by atoms with van der Waals surface area (Å²) in [4.78, 5) is 138. The molecule has 4 aromatic heterocycles. The van der Waals surface area contributed by atoms with E-state index >= 15 is 0 Å². The SMILES string of the molecule is C.CC(=O)N1CCC(O)(c2nccnc2OC2CN(C(=O)OCc3ccccc3)C2)CC1.CC(=O)OCc1ccccc1.CC(=O)OCc1ccccc1.CC(C)(C)OC(=O)N1CC=C(c2nccnc2OC2CN(C(=O)OCc3ccccc3)C2)CC1.O=C(OCc1ccccc1)N1CC(Oc2nccnc2C2(Cl)CCNCC2)C1.O=C(OCc1ccccc1)N1CC(Oc2nccnc2C2=CCNCC2)C1. The van der Waals surface area contributed by atoms with Crippen molar-refractivity contribution < 1.29 is 95.6 Å². The zero-order chi connectivity index (χ0) is 100. The van der Waals surface area contributed by atoms with Gasteiger partial charge in [0.1, 0.15) is 98.0 Å². The minimum absolute atomic E-state index is 0. The molecule has 0 aliphatic carbocycles. The Morgan fingerprint density at radius 3 is 1.00 bits per heavy atom. The minimum Gasteiger partial charge on any atom is -0.469 e. The van der Waals surface area contributed by atoms with E-state index < -0.39 is 22.2 Å². The van der Waals surface area contributed by atoms with Crippen molar-refractivity contribution in [2.24, 2.45) is 0 Å². The molecule has 143 heavy (non-hydrogen) atoms. The highest BCUT2D eigenvalue weighted by Gasteiger charge is 2.44. The fourth-order valence-corrected chi connectivity index (χ4v) is 15.8. The van der Waals surface area contributed by atoms with Crippen LogP contribution in [0.4, 0.5) is 24.0 Å². The maximum Gasteiger partial charge on any atom is 0.410 e. The smallest absolute Gasteiger partial charge is 0.410 e. The number of carbonyl (C=O) groups excluding carboxylic acids is 8. The predicted molar refractivity (Wildman–Crippen MR) is 530 cm³/mol. The molecular formula is C106H125ClN16O20. The van der Waals surface area contributed by atoms with Crippen LogP contribution in [-0.2, 0) is 97.7 Å². The van der Waals surface area contributed by atoms with Crippen LogP contribution in [0.2, 0.25) is 0 Å². The second kappa shape index (κ2) is 53.8. The molecule has 3 N–H and O–H groups in total. The van der Waals surface area contributed by atoms with Crippen molar-refractivity contribution in [3.8, 4) is 23.5 Å². The molecule has 6 saturated heterocycles. The van der Waals surface area contributed by atoms with Crippen molar-refractivity contribution in [1.82, 2.24) is 79.9 Å². The number of aliphatic hydroxyl groups is 1. The number of ether oxygens (including phenoxy) is 11. The van der Waals surface area contributed by atoms with Gasteiger partial charge in [0.25, 0.3) is 0 Å². The van der Waals surface area contributed by atoms with Crippen LogP contribution < -0.4 is 29.6 Å². The molecule has 12 heterocycles. The molecule has 37 heteroatoms. The van der Waals surface area contributed by atoms with Gasteiger partial charge in [-0.15, -0.1) is 11.6 Å². The number of nitrogens with one attached hydrogen (secondary N) is 2. The normalized spacial score (nSPS) is 16.2. The molecule has 0 atom stereocenters. The van der Waals surface area contributed by atoms with Crippen molar-refractivity contribution in [2.75, 3.05) is 105 Å². The molecule has 0 unspecified atom stereocenters. The van der Waals surface area contributed by atoms with Crippen LogP contribution in [-0.4, -0.2) is 257 Å². The van der Waals surface area contributed by atoms with Gasteiger partial charge in [-0.1, -0.05) is 202 Å². The summed E-state index contributed by atoms with van der Waals surface area (Å²) >= 11 is 6.82. The summed E-state index contributed by atoms with van der Waals surface area (Å²) in [5.74, 6) is 1.20. The van der Waals surface area contributed by atoms with E-state index in [-0.39, 0.29) is 106 Å². The van der Waals surface area contributed by atoms with Gasteiger partial charge in [0.05, 0.1) is 57.2 Å². The molecule has 18 rings (SSSR count). The summed E-state index contributed by atoms with van der Waals surface area (Å²) in [7, 11) is 0. The molecule has 0 bridgehead atoms. The number of alkyl halides is 1. The van der Waals surface area contributed by atoms with Crippen molar-refractivity contribution in [1.29, 1.82) is 0 Å². The quantitative estimate of drug-likeness (QED) is 0.0287. The van der Waals surface area contributed by atoms with E-state index in [1.807, 2.05) is 209 Å². The van der Waals surface area contributed by atoms with Crippen LogP contribution in [0, 0.1) is 0 Å². The Bertz CT molecular complexity index is 5740. The first kappa shape index (κ1) is 107. The molecule has 756 valence electrons. The van der Waals surface area contributed by atoms with Gasteiger partial charge in [0, 0.05) is 103 Å². The highest BCUT2D eigenvalue weighted by molar-refractivity contribution is 6.24. The van der Waals surface area contributed by atoms with E-state index in [0.717, 1.165) is 95.7 Å². The van der Waals surface area contributed by atoms with Crippen molar-refractivity contribution in [2.45, 2.75) is 168 Å². The molecule has 36 nitrogen and oxygen atoms in total. The zero-order valence-electron chi connectivity index (χ0n) is 80.5. The number of rotatable bonds is 24. The number of carbonyl (C=O) groups is 8. The number of hydrogen-bond donors (Lipinski definition) is 3. The third-order valence-corrected chi connectivity index (χ3v) is 24.0. The Morgan fingerprint density at radius 1 is 0.364 bits per heavy atom. The molecule has 6 amide bonds. The van der Waals surface area contributed by atoms with Crippen molar-refractivity contribution >= 4 is 71.1 Å². The number of esters is 2. The number of aromatic nitrogens is 8. The lowest BCUT2D eigenvalue weighted by molar-refractivity contribution is -0.143. The maximum absolute atomic E-state index is 12.3. The molecule has 8 aliphatic heterocycles. The number of piperidine rings is 2. The fraction of sp³-hybridized carbons (Fsp3) is 0.396. The lowest BCUT2D eigenvalue weighted by Gasteiger charge is -2.40. The van der Waals surface area contributed by atoms with Gasteiger partial charge < -0.3 is 97.2 Å². The third kappa shape index (κ3) is 33.5. The number of likely N-dealkylation sites (tertiary alicyclic amines) is 5. The van der Waals surface area contributed by atoms with Gasteiger partial charge in [-0.05, 0) is 123 Å². The molecular weight excluding hydrogens is 1850 g/mol. The van der Waals surface area contributed by atoms with Crippen LogP contribution in [0.25, 0.3) is 11.1 Å². The van der Waals surface area contributed by atoms with E-state index in [4.69, 9.17) is 63.7 Å². The van der Waals surface area contributed by atoms with Crippen LogP contribution in [0.3, 0.4) is 0 Å². The van der Waals surface area contributed by atoms with E-state index in [1.54, 1.807) is 66.6 Å². The Labute approximate surface area is 837 Å². The number of hydrogen-bond acceptors (Lipinski definition) is 30. The molecule has 6 aromatic carbocycles. The Morgan fingerprint density at radius 2 is 0.678 bits per heavy atom. The van der Waals surface area contributed by atoms with Gasteiger partial charge >= 0.3 is 42.4 Å². The zero-order valence-corrected chi connectivity index (χ0v) is 81.3. The van der Waals surface area contributed by atoms with E-state index in [2.05, 4.69) is 56.6 Å². The maximum atomic E-state index is 12.3. The van der Waals surface area contributed by atoms with Gasteiger partial charge in [-0.2, -0.15) is 0 Å². The third-order valence-electron chi connectivity index (χ3n) is 23.4. The average molecular weight is 1980 g/mol. The second-order valence-corrected chi connectivity index (χ2v) is 36.2. The van der Waals surface area contributed by atoms with Crippen molar-refractivity contribution in [3.63, 3.8) is 0 Å². The highest BCUT2D eigenvalue weighted by atomic mass is 35.5. The Balaban J connectivity index is 0.000000158.